The Hall–Kier alpha value is -0.870. The molecule has 23 heavy (non-hydrogen) atoms. The van der Waals surface area contributed by atoms with Gasteiger partial charge in [0, 0.05) is 15.8 Å². The van der Waals surface area contributed by atoms with Crippen molar-refractivity contribution in [3.63, 3.8) is 0 Å². The number of carbonyl (C=O) groups is 1. The normalized spacial score (nSPS) is 10.8. The van der Waals surface area contributed by atoms with E-state index in [2.05, 4.69) is 57.3 Å². The van der Waals surface area contributed by atoms with Crippen LogP contribution < -0.4 is 10.6 Å². The standard InChI is InChI=1S/C15H19IN4OS2/c1-9(2)7-17-14-19-20-15(23-14)22-8-13(21)18-12-5-4-11(16)6-10(12)3/h4-6,9H,7-8H2,1-3H3,(H,17,19)(H,18,21). The van der Waals surface area contributed by atoms with Gasteiger partial charge in [-0.15, -0.1) is 10.2 Å². The van der Waals surface area contributed by atoms with Crippen molar-refractivity contribution in [3.05, 3.63) is 27.3 Å². The van der Waals surface area contributed by atoms with Gasteiger partial charge in [0.15, 0.2) is 4.34 Å². The molecule has 2 aromatic rings. The first-order valence-electron chi connectivity index (χ1n) is 7.20. The second kappa shape index (κ2) is 8.84. The molecular formula is C15H19IN4OS2. The van der Waals surface area contributed by atoms with Crippen LogP contribution in [0.1, 0.15) is 19.4 Å². The van der Waals surface area contributed by atoms with Crippen LogP contribution in [0.5, 0.6) is 0 Å². The van der Waals surface area contributed by atoms with Crippen molar-refractivity contribution >= 4 is 62.4 Å². The highest BCUT2D eigenvalue weighted by molar-refractivity contribution is 14.1. The minimum absolute atomic E-state index is 0.0359. The topological polar surface area (TPSA) is 66.9 Å². The number of hydrogen-bond acceptors (Lipinski definition) is 6. The summed E-state index contributed by atoms with van der Waals surface area (Å²) < 4.78 is 1.95. The van der Waals surface area contributed by atoms with Crippen LogP contribution >= 0.6 is 45.7 Å². The number of carbonyl (C=O) groups excluding carboxylic acids is 1. The molecule has 1 aromatic heterocycles. The first kappa shape index (κ1) is 18.5. The molecule has 1 amide bonds. The van der Waals surface area contributed by atoms with E-state index >= 15 is 0 Å². The molecule has 0 bridgehead atoms. The van der Waals surface area contributed by atoms with E-state index in [1.807, 2.05) is 25.1 Å². The van der Waals surface area contributed by atoms with Crippen molar-refractivity contribution in [2.45, 2.75) is 25.1 Å². The van der Waals surface area contributed by atoms with Gasteiger partial charge in [-0.3, -0.25) is 4.79 Å². The minimum Gasteiger partial charge on any atom is -0.360 e. The van der Waals surface area contributed by atoms with Gasteiger partial charge in [-0.25, -0.2) is 0 Å². The number of halogens is 1. The van der Waals surface area contributed by atoms with Gasteiger partial charge in [0.1, 0.15) is 0 Å². The molecule has 8 heteroatoms. The quantitative estimate of drug-likeness (QED) is 0.476. The van der Waals surface area contributed by atoms with E-state index in [1.54, 1.807) is 0 Å². The lowest BCUT2D eigenvalue weighted by atomic mass is 10.2. The van der Waals surface area contributed by atoms with Gasteiger partial charge in [-0.2, -0.15) is 0 Å². The van der Waals surface area contributed by atoms with Gasteiger partial charge in [0.25, 0.3) is 0 Å². The zero-order chi connectivity index (χ0) is 16.8. The average Bonchev–Trinajstić information content (AvgIpc) is 2.94. The van der Waals surface area contributed by atoms with E-state index in [9.17, 15) is 4.79 Å². The maximum absolute atomic E-state index is 12.1. The highest BCUT2D eigenvalue weighted by atomic mass is 127. The van der Waals surface area contributed by atoms with E-state index in [-0.39, 0.29) is 5.91 Å². The molecule has 0 fully saturated rings. The van der Waals surface area contributed by atoms with E-state index < -0.39 is 0 Å². The first-order valence-corrected chi connectivity index (χ1v) is 10.1. The van der Waals surface area contributed by atoms with Gasteiger partial charge >= 0.3 is 0 Å². The Labute approximate surface area is 158 Å². The minimum atomic E-state index is -0.0359. The number of thioether (sulfide) groups is 1. The molecule has 0 spiro atoms. The molecule has 0 aliphatic carbocycles. The van der Waals surface area contributed by atoms with Gasteiger partial charge < -0.3 is 10.6 Å². The van der Waals surface area contributed by atoms with Crippen molar-refractivity contribution in [1.82, 2.24) is 10.2 Å². The number of nitrogens with one attached hydrogen (secondary N) is 2. The third kappa shape index (κ3) is 6.27. The Kier molecular flexibility index (Phi) is 7.09. The fraction of sp³-hybridized carbons (Fsp3) is 0.400. The predicted octanol–water partition coefficient (Wildman–Crippen LogP) is 4.25. The third-order valence-corrected chi connectivity index (χ3v) is 5.54. The zero-order valence-electron chi connectivity index (χ0n) is 13.2. The van der Waals surface area contributed by atoms with Gasteiger partial charge in [-0.1, -0.05) is 36.9 Å². The van der Waals surface area contributed by atoms with Crippen molar-refractivity contribution in [2.75, 3.05) is 22.9 Å². The lowest BCUT2D eigenvalue weighted by Gasteiger charge is -2.08. The van der Waals surface area contributed by atoms with Crippen molar-refractivity contribution in [3.8, 4) is 0 Å². The Morgan fingerprint density at radius 3 is 2.87 bits per heavy atom. The van der Waals surface area contributed by atoms with Crippen LogP contribution in [0.4, 0.5) is 10.8 Å². The van der Waals surface area contributed by atoms with E-state index in [0.717, 1.165) is 30.8 Å². The summed E-state index contributed by atoms with van der Waals surface area (Å²) in [5.41, 5.74) is 1.92. The highest BCUT2D eigenvalue weighted by Gasteiger charge is 2.09. The summed E-state index contributed by atoms with van der Waals surface area (Å²) in [5, 5.41) is 15.1. The van der Waals surface area contributed by atoms with Gasteiger partial charge in [0.2, 0.25) is 11.0 Å². The van der Waals surface area contributed by atoms with Crippen LogP contribution in [-0.2, 0) is 4.79 Å². The van der Waals surface area contributed by atoms with E-state index in [4.69, 9.17) is 0 Å². The molecule has 2 N–H and O–H groups in total. The fourth-order valence-electron chi connectivity index (χ4n) is 1.71. The lowest BCUT2D eigenvalue weighted by molar-refractivity contribution is -0.113. The van der Waals surface area contributed by atoms with E-state index in [0.29, 0.717) is 11.7 Å². The number of aromatic nitrogens is 2. The van der Waals surface area contributed by atoms with Crippen LogP contribution in [0.2, 0.25) is 0 Å². The molecule has 124 valence electrons. The summed E-state index contributed by atoms with van der Waals surface area (Å²) in [7, 11) is 0. The van der Waals surface area contributed by atoms with Crippen molar-refractivity contribution in [2.24, 2.45) is 5.92 Å². The fourth-order valence-corrected chi connectivity index (χ4v) is 3.92. The SMILES string of the molecule is Cc1cc(I)ccc1NC(=O)CSc1nnc(NCC(C)C)s1. The summed E-state index contributed by atoms with van der Waals surface area (Å²) in [6.07, 6.45) is 0. The maximum Gasteiger partial charge on any atom is 0.234 e. The molecular weight excluding hydrogens is 443 g/mol. The van der Waals surface area contributed by atoms with Crippen LogP contribution in [0.25, 0.3) is 0 Å². The first-order chi connectivity index (χ1) is 10.9. The number of anilines is 2. The number of hydrogen-bond donors (Lipinski definition) is 2. The van der Waals surface area contributed by atoms with Crippen LogP contribution in [0.3, 0.4) is 0 Å². The molecule has 0 aliphatic rings. The summed E-state index contributed by atoms with van der Waals surface area (Å²) in [5.74, 6) is 0.841. The predicted molar refractivity (Wildman–Crippen MR) is 106 cm³/mol. The molecule has 0 unspecified atom stereocenters. The summed E-state index contributed by atoms with van der Waals surface area (Å²) in [6.45, 7) is 7.13. The smallest absolute Gasteiger partial charge is 0.234 e. The Balaban J connectivity index is 1.82. The molecule has 0 saturated carbocycles. The third-order valence-electron chi connectivity index (χ3n) is 2.86. The van der Waals surface area contributed by atoms with Crippen LogP contribution in [0, 0.1) is 16.4 Å². The Morgan fingerprint density at radius 1 is 1.39 bits per heavy atom. The van der Waals surface area contributed by atoms with Crippen LogP contribution in [0.15, 0.2) is 22.5 Å². The lowest BCUT2D eigenvalue weighted by Crippen LogP contribution is -2.14. The number of amides is 1. The molecule has 0 atom stereocenters. The molecule has 5 nitrogen and oxygen atoms in total. The number of rotatable bonds is 7. The number of aryl methyl sites for hydroxylation is 1. The number of benzene rings is 1. The molecule has 0 saturated heterocycles. The van der Waals surface area contributed by atoms with Crippen molar-refractivity contribution in [1.29, 1.82) is 0 Å². The second-order valence-corrected chi connectivity index (χ2v) is 8.89. The summed E-state index contributed by atoms with van der Waals surface area (Å²) in [6, 6.07) is 5.95. The Bertz CT molecular complexity index is 675. The van der Waals surface area contributed by atoms with Crippen molar-refractivity contribution < 1.29 is 4.79 Å². The monoisotopic (exact) mass is 462 g/mol. The molecule has 1 aromatic carbocycles. The zero-order valence-corrected chi connectivity index (χ0v) is 17.0. The number of nitrogens with zero attached hydrogens (tertiary/aromatic N) is 2. The largest absolute Gasteiger partial charge is 0.360 e. The van der Waals surface area contributed by atoms with Gasteiger partial charge in [-0.05, 0) is 59.2 Å². The molecule has 2 rings (SSSR count). The Morgan fingerprint density at radius 2 is 2.17 bits per heavy atom. The second-order valence-electron chi connectivity index (χ2n) is 5.44. The van der Waals surface area contributed by atoms with E-state index in [1.165, 1.54) is 23.1 Å². The highest BCUT2D eigenvalue weighted by Crippen LogP contribution is 2.26. The summed E-state index contributed by atoms with van der Waals surface area (Å²) >= 11 is 5.14. The average molecular weight is 462 g/mol. The van der Waals surface area contributed by atoms with Crippen LogP contribution in [-0.4, -0.2) is 28.4 Å². The summed E-state index contributed by atoms with van der Waals surface area (Å²) in [4.78, 5) is 12.1. The maximum atomic E-state index is 12.1. The van der Waals surface area contributed by atoms with Gasteiger partial charge in [0.05, 0.1) is 5.75 Å². The molecule has 1 heterocycles. The molecule has 0 aliphatic heterocycles. The molecule has 0 radical (unpaired) electrons.